The van der Waals surface area contributed by atoms with Gasteiger partial charge in [0.05, 0.1) is 12.8 Å². The fraction of sp³-hybridized carbons (Fsp3) is 0.273. The first-order valence-electron chi connectivity index (χ1n) is 5.38. The lowest BCUT2D eigenvalue weighted by atomic mass is 10.2. The van der Waals surface area contributed by atoms with E-state index in [9.17, 15) is 13.2 Å². The Morgan fingerprint density at radius 1 is 1.50 bits per heavy atom. The van der Waals surface area contributed by atoms with Gasteiger partial charge in [-0.05, 0) is 41.1 Å². The number of esters is 1. The Bertz CT molecular complexity index is 646. The lowest BCUT2D eigenvalue weighted by Gasteiger charge is -2.14. The van der Waals surface area contributed by atoms with E-state index in [1.54, 1.807) is 12.1 Å². The molecule has 0 radical (unpaired) electrons. The standard InChI is InChI=1S/C11H13BrN2O4S2/c1-6(11(15)18-2)20(16,17)14-9-4-3-7(10(13)19)5-8(9)12/h3-6,14H,1-2H3,(H2,13,19). The first kappa shape index (κ1) is 16.9. The maximum Gasteiger partial charge on any atom is 0.325 e. The van der Waals surface area contributed by atoms with Crippen LogP contribution in [-0.4, -0.2) is 31.7 Å². The summed E-state index contributed by atoms with van der Waals surface area (Å²) in [5.74, 6) is -0.839. The van der Waals surface area contributed by atoms with E-state index in [0.717, 1.165) is 7.11 Å². The lowest BCUT2D eigenvalue weighted by Crippen LogP contribution is -2.33. The van der Waals surface area contributed by atoms with Gasteiger partial charge in [-0.1, -0.05) is 12.2 Å². The van der Waals surface area contributed by atoms with E-state index < -0.39 is 21.2 Å². The van der Waals surface area contributed by atoms with Crippen LogP contribution in [0.1, 0.15) is 12.5 Å². The van der Waals surface area contributed by atoms with Crippen molar-refractivity contribution in [3.05, 3.63) is 28.2 Å². The summed E-state index contributed by atoms with van der Waals surface area (Å²) in [5.41, 5.74) is 6.35. The van der Waals surface area contributed by atoms with Gasteiger partial charge < -0.3 is 10.5 Å². The van der Waals surface area contributed by atoms with E-state index in [1.165, 1.54) is 13.0 Å². The molecule has 1 unspecified atom stereocenters. The summed E-state index contributed by atoms with van der Waals surface area (Å²) in [4.78, 5) is 11.5. The van der Waals surface area contributed by atoms with E-state index in [4.69, 9.17) is 18.0 Å². The normalized spacial score (nSPS) is 12.6. The zero-order valence-corrected chi connectivity index (χ0v) is 13.9. The lowest BCUT2D eigenvalue weighted by molar-refractivity contribution is -0.139. The van der Waals surface area contributed by atoms with Crippen molar-refractivity contribution in [1.29, 1.82) is 0 Å². The van der Waals surface area contributed by atoms with Crippen LogP contribution in [-0.2, 0) is 19.6 Å². The Morgan fingerprint density at radius 2 is 2.10 bits per heavy atom. The SMILES string of the molecule is COC(=O)C(C)S(=O)(=O)Nc1ccc(C(N)=S)cc1Br. The largest absolute Gasteiger partial charge is 0.468 e. The molecule has 1 aromatic carbocycles. The molecule has 0 aliphatic carbocycles. The van der Waals surface area contributed by atoms with Gasteiger partial charge >= 0.3 is 5.97 Å². The minimum atomic E-state index is -3.90. The van der Waals surface area contributed by atoms with Crippen molar-refractivity contribution < 1.29 is 17.9 Å². The molecule has 9 heteroatoms. The highest BCUT2D eigenvalue weighted by atomic mass is 79.9. The van der Waals surface area contributed by atoms with Crippen LogP contribution in [0.2, 0.25) is 0 Å². The summed E-state index contributed by atoms with van der Waals surface area (Å²) in [5, 5.41) is -1.32. The predicted octanol–water partition coefficient (Wildman–Crippen LogP) is 1.39. The highest BCUT2D eigenvalue weighted by Crippen LogP contribution is 2.25. The van der Waals surface area contributed by atoms with Crippen molar-refractivity contribution in [2.24, 2.45) is 5.73 Å². The van der Waals surface area contributed by atoms with Crippen LogP contribution in [0.4, 0.5) is 5.69 Å². The van der Waals surface area contributed by atoms with E-state index in [-0.39, 0.29) is 10.7 Å². The number of nitrogens with two attached hydrogens (primary N) is 1. The summed E-state index contributed by atoms with van der Waals surface area (Å²) in [7, 11) is -2.77. The summed E-state index contributed by atoms with van der Waals surface area (Å²) in [6, 6.07) is 4.66. The number of thiocarbonyl (C=S) groups is 1. The molecule has 6 nitrogen and oxygen atoms in total. The number of hydrogen-bond donors (Lipinski definition) is 2. The van der Waals surface area contributed by atoms with Gasteiger partial charge in [0.25, 0.3) is 0 Å². The third kappa shape index (κ3) is 3.90. The van der Waals surface area contributed by atoms with Crippen molar-refractivity contribution in [3.8, 4) is 0 Å². The van der Waals surface area contributed by atoms with Crippen LogP contribution in [0.3, 0.4) is 0 Å². The molecule has 3 N–H and O–H groups in total. The number of rotatable bonds is 5. The minimum Gasteiger partial charge on any atom is -0.468 e. The number of sulfonamides is 1. The predicted molar refractivity (Wildman–Crippen MR) is 84.0 cm³/mol. The van der Waals surface area contributed by atoms with Crippen molar-refractivity contribution in [2.75, 3.05) is 11.8 Å². The van der Waals surface area contributed by atoms with Crippen LogP contribution < -0.4 is 10.5 Å². The van der Waals surface area contributed by atoms with Gasteiger partial charge in [0.2, 0.25) is 10.0 Å². The monoisotopic (exact) mass is 380 g/mol. The maximum absolute atomic E-state index is 12.0. The fourth-order valence-electron chi connectivity index (χ4n) is 1.29. The average Bonchev–Trinajstić information content (AvgIpc) is 2.38. The van der Waals surface area contributed by atoms with Gasteiger partial charge in [0.15, 0.2) is 5.25 Å². The second kappa shape index (κ2) is 6.51. The topological polar surface area (TPSA) is 98.5 Å². The smallest absolute Gasteiger partial charge is 0.325 e. The van der Waals surface area contributed by atoms with Crippen LogP contribution in [0.5, 0.6) is 0 Å². The number of carbonyl (C=O) groups excluding carboxylic acids is 1. The zero-order chi connectivity index (χ0) is 15.5. The summed E-state index contributed by atoms with van der Waals surface area (Å²) in [6.07, 6.45) is 0. The zero-order valence-electron chi connectivity index (χ0n) is 10.7. The molecule has 1 atom stereocenters. The number of carbonyl (C=O) groups is 1. The second-order valence-corrected chi connectivity index (χ2v) is 7.17. The van der Waals surface area contributed by atoms with Gasteiger partial charge in [-0.3, -0.25) is 9.52 Å². The molecule has 0 spiro atoms. The second-order valence-electron chi connectivity index (χ2n) is 3.87. The van der Waals surface area contributed by atoms with Crippen LogP contribution in [0.25, 0.3) is 0 Å². The molecule has 0 fully saturated rings. The quantitative estimate of drug-likeness (QED) is 0.591. The van der Waals surface area contributed by atoms with Gasteiger partial charge in [-0.2, -0.15) is 0 Å². The van der Waals surface area contributed by atoms with Crippen molar-refractivity contribution in [1.82, 2.24) is 0 Å². The molecule has 1 aromatic rings. The number of ether oxygens (including phenoxy) is 1. The molecule has 110 valence electrons. The summed E-state index contributed by atoms with van der Waals surface area (Å²) < 4.78 is 31.2. The number of nitrogens with one attached hydrogen (secondary N) is 1. The van der Waals surface area contributed by atoms with Crippen LogP contribution >= 0.6 is 28.1 Å². The Hall–Kier alpha value is -1.19. The first-order valence-corrected chi connectivity index (χ1v) is 8.12. The van der Waals surface area contributed by atoms with E-state index >= 15 is 0 Å². The number of methoxy groups -OCH3 is 1. The number of benzene rings is 1. The summed E-state index contributed by atoms with van der Waals surface area (Å²) in [6.45, 7) is 1.24. The molecule has 0 bridgehead atoms. The Kier molecular flexibility index (Phi) is 5.49. The Balaban J connectivity index is 3.04. The van der Waals surface area contributed by atoms with Gasteiger partial charge in [0, 0.05) is 10.0 Å². The number of halogens is 1. The van der Waals surface area contributed by atoms with Gasteiger partial charge in [-0.15, -0.1) is 0 Å². The molecule has 0 aromatic heterocycles. The molecule has 20 heavy (non-hydrogen) atoms. The molecule has 0 saturated carbocycles. The van der Waals surface area contributed by atoms with E-state index in [0.29, 0.717) is 10.0 Å². The molecular formula is C11H13BrN2O4S2. The molecule has 0 aliphatic rings. The van der Waals surface area contributed by atoms with Gasteiger partial charge in [0.1, 0.15) is 4.99 Å². The number of hydrogen-bond acceptors (Lipinski definition) is 5. The highest BCUT2D eigenvalue weighted by Gasteiger charge is 2.29. The third-order valence-corrected chi connectivity index (χ3v) is 5.02. The van der Waals surface area contributed by atoms with Crippen molar-refractivity contribution >= 4 is 54.8 Å². The van der Waals surface area contributed by atoms with Crippen molar-refractivity contribution in [3.63, 3.8) is 0 Å². The average molecular weight is 381 g/mol. The van der Waals surface area contributed by atoms with Crippen LogP contribution in [0, 0.1) is 0 Å². The third-order valence-electron chi connectivity index (χ3n) is 2.50. The molecule has 1 rings (SSSR count). The van der Waals surface area contributed by atoms with Crippen LogP contribution in [0.15, 0.2) is 22.7 Å². The molecule has 0 saturated heterocycles. The van der Waals surface area contributed by atoms with Crippen molar-refractivity contribution in [2.45, 2.75) is 12.2 Å². The Morgan fingerprint density at radius 3 is 2.55 bits per heavy atom. The molecule has 0 heterocycles. The summed E-state index contributed by atoms with van der Waals surface area (Å²) >= 11 is 8.04. The highest BCUT2D eigenvalue weighted by molar-refractivity contribution is 9.10. The number of anilines is 1. The Labute approximate surface area is 130 Å². The van der Waals surface area contributed by atoms with Gasteiger partial charge in [-0.25, -0.2) is 8.42 Å². The molecule has 0 aliphatic heterocycles. The first-order chi connectivity index (χ1) is 9.19. The minimum absolute atomic E-state index is 0.197. The molecular weight excluding hydrogens is 368 g/mol. The fourth-order valence-corrected chi connectivity index (χ4v) is 3.03. The van der Waals surface area contributed by atoms with E-state index in [1.807, 2.05) is 0 Å². The van der Waals surface area contributed by atoms with E-state index in [2.05, 4.69) is 25.4 Å². The molecule has 0 amide bonds. The maximum atomic E-state index is 12.0.